The Kier molecular flexibility index (Phi) is 12.8. The van der Waals surface area contributed by atoms with Gasteiger partial charge in [0.25, 0.3) is 0 Å². The molecule has 312 valence electrons. The Labute approximate surface area is 375 Å². The zero-order valence-corrected chi connectivity index (χ0v) is 36.1. The van der Waals surface area contributed by atoms with Crippen molar-refractivity contribution in [2.75, 3.05) is 0 Å². The normalized spacial score (nSPS) is 11.8. The largest absolute Gasteiger partial charge is 0.457 e. The Morgan fingerprint density at radius 1 is 0.317 bits per heavy atom. The van der Waals surface area contributed by atoms with Crippen LogP contribution in [0.3, 0.4) is 0 Å². The number of nitrogens with zero attached hydrogens (tertiary/aromatic N) is 2. The number of hydrogen-bond donors (Lipinski definition) is 0. The molecule has 0 unspecified atom stereocenters. The fourth-order valence-electron chi connectivity index (χ4n) is 6.02. The van der Waals surface area contributed by atoms with Crippen molar-refractivity contribution in [2.45, 2.75) is 19.6 Å². The number of benzene rings is 8. The SMILES string of the molecule is O=S(=O)(c1ccc(Cl)cc1)c1ccc(Oc2ccc(C=Nc3ccc(Oc4ccc(N=Cc5ccc(Oc6ccc(S(=O)(=O)c7ccc(Cl)cc7)cc6)cc5)cc4)cc3)cc2)cc1. The monoisotopic (exact) mass is 908 g/mol. The molecule has 8 aromatic rings. The number of hydrogen-bond acceptors (Lipinski definition) is 9. The van der Waals surface area contributed by atoms with E-state index >= 15 is 0 Å². The summed E-state index contributed by atoms with van der Waals surface area (Å²) in [4.78, 5) is 9.79. The second-order valence-electron chi connectivity index (χ2n) is 13.8. The molecule has 63 heavy (non-hydrogen) atoms. The van der Waals surface area contributed by atoms with E-state index in [0.717, 1.165) is 22.5 Å². The Hall–Kier alpha value is -7.02. The second kappa shape index (κ2) is 18.9. The summed E-state index contributed by atoms with van der Waals surface area (Å²) in [6.45, 7) is 0. The maximum atomic E-state index is 12.9. The van der Waals surface area contributed by atoms with Crippen LogP contribution in [0.5, 0.6) is 34.5 Å². The predicted octanol–water partition coefficient (Wildman–Crippen LogP) is 13.5. The lowest BCUT2D eigenvalue weighted by molar-refractivity contribution is 0.482. The van der Waals surface area contributed by atoms with Crippen molar-refractivity contribution < 1.29 is 31.0 Å². The van der Waals surface area contributed by atoms with E-state index in [-0.39, 0.29) is 19.6 Å². The van der Waals surface area contributed by atoms with Crippen LogP contribution >= 0.6 is 23.2 Å². The highest BCUT2D eigenvalue weighted by molar-refractivity contribution is 7.91. The topological polar surface area (TPSA) is 121 Å². The minimum absolute atomic E-state index is 0.158. The van der Waals surface area contributed by atoms with E-state index < -0.39 is 19.7 Å². The molecule has 0 aliphatic carbocycles. The third-order valence-electron chi connectivity index (χ3n) is 9.38. The Bertz CT molecular complexity index is 2890. The van der Waals surface area contributed by atoms with Crippen molar-refractivity contribution in [2.24, 2.45) is 9.98 Å². The van der Waals surface area contributed by atoms with Crippen molar-refractivity contribution in [1.29, 1.82) is 0 Å². The molecule has 0 fully saturated rings. The summed E-state index contributed by atoms with van der Waals surface area (Å²) in [5.41, 5.74) is 3.23. The van der Waals surface area contributed by atoms with Gasteiger partial charge in [-0.25, -0.2) is 16.8 Å². The summed E-state index contributed by atoms with van der Waals surface area (Å²) in [5.74, 6) is 3.50. The minimum atomic E-state index is -3.67. The van der Waals surface area contributed by atoms with Crippen LogP contribution in [-0.4, -0.2) is 29.3 Å². The average Bonchev–Trinajstić information content (AvgIpc) is 3.30. The summed E-state index contributed by atoms with van der Waals surface area (Å²) in [6, 6.07) is 54.2. The zero-order valence-electron chi connectivity index (χ0n) is 33.0. The van der Waals surface area contributed by atoms with Gasteiger partial charge in [-0.05, 0) is 205 Å². The molecule has 0 saturated heterocycles. The van der Waals surface area contributed by atoms with E-state index in [1.807, 2.05) is 97.1 Å². The van der Waals surface area contributed by atoms with Crippen LogP contribution in [0.25, 0.3) is 0 Å². The van der Waals surface area contributed by atoms with E-state index in [1.54, 1.807) is 61.0 Å². The van der Waals surface area contributed by atoms with Gasteiger partial charge in [-0.1, -0.05) is 23.2 Å². The van der Waals surface area contributed by atoms with Crippen molar-refractivity contribution in [3.8, 4) is 34.5 Å². The number of sulfone groups is 2. The van der Waals surface area contributed by atoms with Crippen LogP contribution in [0, 0.1) is 0 Å². The maximum absolute atomic E-state index is 12.9. The van der Waals surface area contributed by atoms with Crippen LogP contribution in [-0.2, 0) is 19.7 Å². The molecule has 0 spiro atoms. The second-order valence-corrected chi connectivity index (χ2v) is 18.6. The Balaban J connectivity index is 0.791. The molecule has 0 aromatic heterocycles. The molecule has 0 N–H and O–H groups in total. The molecular weight excluding hydrogens is 876 g/mol. The van der Waals surface area contributed by atoms with Gasteiger partial charge in [0, 0.05) is 22.5 Å². The van der Waals surface area contributed by atoms with Crippen molar-refractivity contribution in [3.05, 3.63) is 215 Å². The van der Waals surface area contributed by atoms with Crippen LogP contribution in [0.2, 0.25) is 10.0 Å². The fraction of sp³-hybridized carbons (Fsp3) is 0. The number of aliphatic imine (C=N–C) groups is 2. The van der Waals surface area contributed by atoms with Gasteiger partial charge in [-0.2, -0.15) is 0 Å². The van der Waals surface area contributed by atoms with Gasteiger partial charge in [0.15, 0.2) is 0 Å². The van der Waals surface area contributed by atoms with Crippen LogP contribution in [0.4, 0.5) is 11.4 Å². The van der Waals surface area contributed by atoms with Gasteiger partial charge < -0.3 is 14.2 Å². The summed E-state index contributed by atoms with van der Waals surface area (Å²) in [7, 11) is -7.35. The Morgan fingerprint density at radius 2 is 0.540 bits per heavy atom. The zero-order chi connectivity index (χ0) is 43.8. The molecule has 0 saturated carbocycles. The summed E-state index contributed by atoms with van der Waals surface area (Å²) in [5, 5.41) is 0.929. The highest BCUT2D eigenvalue weighted by Crippen LogP contribution is 2.30. The molecule has 8 rings (SSSR count). The van der Waals surface area contributed by atoms with Crippen LogP contribution in [0.15, 0.2) is 224 Å². The molecule has 0 amide bonds. The Morgan fingerprint density at radius 3 is 0.810 bits per heavy atom. The number of rotatable bonds is 14. The molecule has 0 aliphatic rings. The van der Waals surface area contributed by atoms with Gasteiger partial charge in [0.1, 0.15) is 34.5 Å². The average molecular weight is 910 g/mol. The quantitative estimate of drug-likeness (QED) is 0.0996. The van der Waals surface area contributed by atoms with Gasteiger partial charge in [0.2, 0.25) is 19.7 Å². The van der Waals surface area contributed by atoms with E-state index in [2.05, 4.69) is 9.98 Å². The lowest BCUT2D eigenvalue weighted by Crippen LogP contribution is -2.01. The molecule has 13 heteroatoms. The first-order valence-corrected chi connectivity index (χ1v) is 22.9. The molecule has 0 bridgehead atoms. The lowest BCUT2D eigenvalue weighted by atomic mass is 10.2. The van der Waals surface area contributed by atoms with E-state index in [1.165, 1.54) is 48.5 Å². The van der Waals surface area contributed by atoms with Crippen LogP contribution < -0.4 is 14.2 Å². The first-order valence-electron chi connectivity index (χ1n) is 19.2. The van der Waals surface area contributed by atoms with E-state index in [0.29, 0.717) is 44.5 Å². The molecule has 0 radical (unpaired) electrons. The van der Waals surface area contributed by atoms with E-state index in [4.69, 9.17) is 37.4 Å². The standard InChI is InChI=1S/C50H34Cl2N2O7S2/c51-37-5-25-47(26-6-37)62(55,56)49-29-21-45(22-30-49)59-41-13-1-35(2-14-41)33-53-39-9-17-43(18-10-39)61-44-19-11-40(12-20-44)54-34-36-3-15-42(16-4-36)60-46-23-31-50(32-24-46)63(57,58)48-27-7-38(52)8-28-48/h1-34H. The molecule has 8 aromatic carbocycles. The van der Waals surface area contributed by atoms with Gasteiger partial charge >= 0.3 is 0 Å². The summed E-state index contributed by atoms with van der Waals surface area (Å²) >= 11 is 11.8. The first-order chi connectivity index (χ1) is 30.5. The number of ether oxygens (including phenoxy) is 3. The molecule has 0 aliphatic heterocycles. The highest BCUT2D eigenvalue weighted by atomic mass is 35.5. The number of halogens is 2. The predicted molar refractivity (Wildman–Crippen MR) is 247 cm³/mol. The van der Waals surface area contributed by atoms with Gasteiger partial charge in [-0.15, -0.1) is 0 Å². The first kappa shape index (κ1) is 42.7. The third kappa shape index (κ3) is 10.9. The van der Waals surface area contributed by atoms with Crippen LogP contribution in [0.1, 0.15) is 11.1 Å². The maximum Gasteiger partial charge on any atom is 0.206 e. The molecule has 0 heterocycles. The molecule has 9 nitrogen and oxygen atoms in total. The third-order valence-corrected chi connectivity index (χ3v) is 13.5. The van der Waals surface area contributed by atoms with E-state index in [9.17, 15) is 16.8 Å². The summed E-state index contributed by atoms with van der Waals surface area (Å²) < 4.78 is 69.6. The van der Waals surface area contributed by atoms with Gasteiger partial charge in [-0.3, -0.25) is 9.98 Å². The van der Waals surface area contributed by atoms with Crippen molar-refractivity contribution in [1.82, 2.24) is 0 Å². The summed E-state index contributed by atoms with van der Waals surface area (Å²) in [6.07, 6.45) is 3.50. The highest BCUT2D eigenvalue weighted by Gasteiger charge is 2.19. The molecular formula is C50H34Cl2N2O7S2. The minimum Gasteiger partial charge on any atom is -0.457 e. The smallest absolute Gasteiger partial charge is 0.206 e. The van der Waals surface area contributed by atoms with Crippen molar-refractivity contribution in [3.63, 3.8) is 0 Å². The van der Waals surface area contributed by atoms with Gasteiger partial charge in [0.05, 0.1) is 31.0 Å². The lowest BCUT2D eigenvalue weighted by Gasteiger charge is -2.08. The van der Waals surface area contributed by atoms with Crippen molar-refractivity contribution >= 4 is 66.7 Å². The fourth-order valence-corrected chi connectivity index (χ4v) is 8.80. The molecule has 0 atom stereocenters.